The number of hydrogen-bond acceptors (Lipinski definition) is 4. The van der Waals surface area contributed by atoms with Crippen LogP contribution in [0.2, 0.25) is 0 Å². The second-order valence-electron chi connectivity index (χ2n) is 6.65. The molecule has 3 aromatic rings. The maximum atomic E-state index is 12.3. The number of hydrogen-bond donors (Lipinski definition) is 2. The largest absolute Gasteiger partial charge is 0.336 e. The van der Waals surface area contributed by atoms with Gasteiger partial charge in [0.15, 0.2) is 0 Å². The number of benzene rings is 3. The Morgan fingerprint density at radius 3 is 2.38 bits per heavy atom. The lowest BCUT2D eigenvalue weighted by Crippen LogP contribution is -2.46. The van der Waals surface area contributed by atoms with Gasteiger partial charge in [-0.3, -0.25) is 10.2 Å². The molecule has 0 aliphatic carbocycles. The lowest BCUT2D eigenvalue weighted by Gasteiger charge is -2.38. The van der Waals surface area contributed by atoms with Crippen molar-refractivity contribution in [2.75, 3.05) is 6.54 Å². The number of carbonyl (C=O) groups is 1. The Morgan fingerprint density at radius 1 is 1.00 bits per heavy atom. The minimum Gasteiger partial charge on any atom is -0.336 e. The quantitative estimate of drug-likeness (QED) is 0.302. The van der Waals surface area contributed by atoms with Crippen LogP contribution in [-0.4, -0.2) is 23.2 Å². The van der Waals surface area contributed by atoms with Crippen molar-refractivity contribution in [3.8, 4) is 0 Å². The van der Waals surface area contributed by atoms with Gasteiger partial charge < -0.3 is 4.90 Å². The third-order valence-corrected chi connectivity index (χ3v) is 5.81. The van der Waals surface area contributed by atoms with Crippen LogP contribution in [0.25, 0.3) is 0 Å². The Kier molecular flexibility index (Phi) is 5.80. The van der Waals surface area contributed by atoms with Gasteiger partial charge in [0.1, 0.15) is 12.4 Å². The standard InChI is InChI=1S/C22H18Br2N4O/c23-16-8-6-15(7-9-16)22-26-19-11-10-17(24)12-18(19)21(14-4-2-1-3-5-14)28(22)13-20(29)27-25/h1-12,21H,13,25H2,(H,27,29)/t21-/m0/s1. The number of rotatable bonds is 4. The van der Waals surface area contributed by atoms with Crippen molar-refractivity contribution < 1.29 is 4.79 Å². The second kappa shape index (κ2) is 8.49. The van der Waals surface area contributed by atoms with Gasteiger partial charge in [-0.05, 0) is 35.9 Å². The molecule has 1 aliphatic rings. The van der Waals surface area contributed by atoms with Crippen LogP contribution in [-0.2, 0) is 4.79 Å². The zero-order chi connectivity index (χ0) is 20.4. The van der Waals surface area contributed by atoms with Crippen LogP contribution >= 0.6 is 31.9 Å². The van der Waals surface area contributed by atoms with Crippen molar-refractivity contribution in [1.29, 1.82) is 0 Å². The maximum Gasteiger partial charge on any atom is 0.253 e. The van der Waals surface area contributed by atoms with E-state index in [0.29, 0.717) is 0 Å². The van der Waals surface area contributed by atoms with Gasteiger partial charge in [0.05, 0.1) is 11.7 Å². The topological polar surface area (TPSA) is 70.7 Å². The average Bonchev–Trinajstić information content (AvgIpc) is 2.74. The van der Waals surface area contributed by atoms with Gasteiger partial charge in [0.2, 0.25) is 0 Å². The van der Waals surface area contributed by atoms with E-state index in [1.165, 1.54) is 0 Å². The van der Waals surface area contributed by atoms with E-state index >= 15 is 0 Å². The number of carbonyl (C=O) groups excluding carboxylic acids is 1. The molecule has 4 rings (SSSR count). The van der Waals surface area contributed by atoms with Crippen LogP contribution in [0.15, 0.2) is 86.7 Å². The molecule has 0 saturated heterocycles. The van der Waals surface area contributed by atoms with Crippen LogP contribution in [0, 0.1) is 0 Å². The smallest absolute Gasteiger partial charge is 0.253 e. The molecular weight excluding hydrogens is 496 g/mol. The van der Waals surface area contributed by atoms with E-state index in [0.717, 1.165) is 37.2 Å². The number of halogens is 2. The number of nitrogens with zero attached hydrogens (tertiary/aromatic N) is 2. The van der Waals surface area contributed by atoms with Gasteiger partial charge in [-0.25, -0.2) is 10.8 Å². The lowest BCUT2D eigenvalue weighted by molar-refractivity contribution is -0.121. The first-order chi connectivity index (χ1) is 14.1. The maximum absolute atomic E-state index is 12.3. The molecule has 0 fully saturated rings. The normalized spacial score (nSPS) is 15.5. The summed E-state index contributed by atoms with van der Waals surface area (Å²) >= 11 is 7.05. The van der Waals surface area contributed by atoms with Gasteiger partial charge in [0.25, 0.3) is 5.91 Å². The number of aliphatic imine (C=N–C) groups is 1. The fourth-order valence-electron chi connectivity index (χ4n) is 3.51. The van der Waals surface area contributed by atoms with E-state index in [4.69, 9.17) is 10.8 Å². The van der Waals surface area contributed by atoms with E-state index in [1.54, 1.807) is 0 Å². The summed E-state index contributed by atoms with van der Waals surface area (Å²) in [7, 11) is 0. The molecule has 0 bridgehead atoms. The molecule has 1 heterocycles. The molecule has 0 aromatic heterocycles. The first-order valence-corrected chi connectivity index (χ1v) is 10.6. The monoisotopic (exact) mass is 512 g/mol. The number of hydrazine groups is 1. The number of fused-ring (bicyclic) bond motifs is 1. The summed E-state index contributed by atoms with van der Waals surface area (Å²) in [5.41, 5.74) is 6.15. The third kappa shape index (κ3) is 4.12. The Labute approximate surface area is 185 Å². The summed E-state index contributed by atoms with van der Waals surface area (Å²) < 4.78 is 1.94. The Balaban J connectivity index is 1.94. The first kappa shape index (κ1) is 19.8. The lowest BCUT2D eigenvalue weighted by atomic mass is 9.93. The third-order valence-electron chi connectivity index (χ3n) is 4.79. The SMILES string of the molecule is NNC(=O)CN1C(c2ccc(Br)cc2)=Nc2ccc(Br)cc2[C@@H]1c1ccccc1. The highest BCUT2D eigenvalue weighted by molar-refractivity contribution is 9.10. The van der Waals surface area contributed by atoms with Gasteiger partial charge in [-0.15, -0.1) is 0 Å². The summed E-state index contributed by atoms with van der Waals surface area (Å²) in [6.07, 6.45) is 0. The molecule has 7 heteroatoms. The zero-order valence-electron chi connectivity index (χ0n) is 15.3. The molecule has 5 nitrogen and oxygen atoms in total. The average molecular weight is 514 g/mol. The van der Waals surface area contributed by atoms with Crippen LogP contribution in [0.3, 0.4) is 0 Å². The van der Waals surface area contributed by atoms with Crippen LogP contribution in [0.5, 0.6) is 0 Å². The summed E-state index contributed by atoms with van der Waals surface area (Å²) in [5, 5.41) is 0. The van der Waals surface area contributed by atoms with E-state index in [-0.39, 0.29) is 18.5 Å². The number of nitrogens with two attached hydrogens (primary N) is 1. The van der Waals surface area contributed by atoms with Gasteiger partial charge in [0, 0.05) is 20.1 Å². The van der Waals surface area contributed by atoms with Crippen molar-refractivity contribution in [1.82, 2.24) is 10.3 Å². The zero-order valence-corrected chi connectivity index (χ0v) is 18.5. The minimum atomic E-state index is -0.283. The molecule has 29 heavy (non-hydrogen) atoms. The molecule has 146 valence electrons. The molecule has 1 atom stereocenters. The highest BCUT2D eigenvalue weighted by Crippen LogP contribution is 2.41. The van der Waals surface area contributed by atoms with Crippen LogP contribution < -0.4 is 11.3 Å². The molecule has 3 N–H and O–H groups in total. The Morgan fingerprint density at radius 2 is 1.69 bits per heavy atom. The number of amidine groups is 1. The fraction of sp³-hybridized carbons (Fsp3) is 0.0909. The van der Waals surface area contributed by atoms with E-state index in [9.17, 15) is 4.79 Å². The van der Waals surface area contributed by atoms with Crippen molar-refractivity contribution >= 4 is 49.3 Å². The Bertz CT molecular complexity index is 1070. The van der Waals surface area contributed by atoms with Gasteiger partial charge in [-0.2, -0.15) is 0 Å². The summed E-state index contributed by atoms with van der Waals surface area (Å²) in [6, 6.07) is 23.9. The molecule has 0 spiro atoms. The molecule has 0 saturated carbocycles. The van der Waals surface area contributed by atoms with Crippen LogP contribution in [0.1, 0.15) is 22.7 Å². The summed E-state index contributed by atoms with van der Waals surface area (Å²) in [5.74, 6) is 5.86. The first-order valence-electron chi connectivity index (χ1n) is 9.02. The predicted molar refractivity (Wildman–Crippen MR) is 122 cm³/mol. The number of amides is 1. The van der Waals surface area contributed by atoms with Crippen molar-refractivity contribution in [2.45, 2.75) is 6.04 Å². The van der Waals surface area contributed by atoms with E-state index < -0.39 is 0 Å². The highest BCUT2D eigenvalue weighted by Gasteiger charge is 2.33. The fourth-order valence-corrected chi connectivity index (χ4v) is 4.15. The molecule has 0 radical (unpaired) electrons. The predicted octanol–water partition coefficient (Wildman–Crippen LogP) is 4.68. The van der Waals surface area contributed by atoms with Gasteiger partial charge >= 0.3 is 0 Å². The van der Waals surface area contributed by atoms with E-state index in [2.05, 4.69) is 55.5 Å². The molecule has 3 aromatic carbocycles. The molecule has 1 amide bonds. The minimum absolute atomic E-state index is 0.0803. The van der Waals surface area contributed by atoms with E-state index in [1.807, 2.05) is 59.5 Å². The summed E-state index contributed by atoms with van der Waals surface area (Å²) in [4.78, 5) is 19.2. The summed E-state index contributed by atoms with van der Waals surface area (Å²) in [6.45, 7) is 0.0803. The molecule has 0 unspecified atom stereocenters. The van der Waals surface area contributed by atoms with Crippen LogP contribution in [0.4, 0.5) is 5.69 Å². The molecular formula is C22H18Br2N4O. The highest BCUT2D eigenvalue weighted by atomic mass is 79.9. The van der Waals surface area contributed by atoms with Crippen molar-refractivity contribution in [3.05, 3.63) is 98.4 Å². The van der Waals surface area contributed by atoms with Crippen molar-refractivity contribution in [3.63, 3.8) is 0 Å². The second-order valence-corrected chi connectivity index (χ2v) is 8.49. The van der Waals surface area contributed by atoms with Gasteiger partial charge in [-0.1, -0.05) is 74.3 Å². The molecule has 1 aliphatic heterocycles. The Hall–Kier alpha value is -2.48. The van der Waals surface area contributed by atoms with Crippen molar-refractivity contribution in [2.24, 2.45) is 10.8 Å². The number of nitrogens with one attached hydrogen (secondary N) is 1.